The molecule has 2 nitrogen and oxygen atoms in total. The van der Waals surface area contributed by atoms with Gasteiger partial charge in [-0.15, -0.1) is 11.3 Å². The monoisotopic (exact) mass is 154 g/mol. The molecule has 1 rings (SSSR count). The van der Waals surface area contributed by atoms with Crippen LogP contribution in [-0.2, 0) is 4.79 Å². The van der Waals surface area contributed by atoms with Gasteiger partial charge in [0.15, 0.2) is 5.06 Å². The molecule has 1 aromatic heterocycles. The van der Waals surface area contributed by atoms with Crippen LogP contribution in [0.4, 0.5) is 0 Å². The Bertz CT molecular complexity index is 226. The highest BCUT2D eigenvalue weighted by molar-refractivity contribution is 7.11. The van der Waals surface area contributed by atoms with Crippen molar-refractivity contribution in [3.05, 3.63) is 30.2 Å². The van der Waals surface area contributed by atoms with Crippen LogP contribution in [0, 0.1) is 0 Å². The topological polar surface area (TPSA) is 26.3 Å². The lowest BCUT2D eigenvalue weighted by molar-refractivity contribution is -0.128. The lowest BCUT2D eigenvalue weighted by atomic mass is 10.6. The van der Waals surface area contributed by atoms with E-state index in [0.29, 0.717) is 5.06 Å². The molecule has 10 heavy (non-hydrogen) atoms. The van der Waals surface area contributed by atoms with E-state index in [-0.39, 0.29) is 0 Å². The summed E-state index contributed by atoms with van der Waals surface area (Å²) in [6.07, 6.45) is 1.14. The minimum Gasteiger partial charge on any atom is -0.412 e. The van der Waals surface area contributed by atoms with Crippen molar-refractivity contribution in [2.45, 2.75) is 0 Å². The van der Waals surface area contributed by atoms with Crippen LogP contribution in [0.15, 0.2) is 30.2 Å². The third-order valence-corrected chi connectivity index (χ3v) is 1.61. The Labute approximate surface area is 62.8 Å². The lowest BCUT2D eigenvalue weighted by Crippen LogP contribution is -2.00. The minimum absolute atomic E-state index is 0.414. The zero-order valence-electron chi connectivity index (χ0n) is 5.24. The first-order valence-corrected chi connectivity index (χ1v) is 3.58. The van der Waals surface area contributed by atoms with Crippen LogP contribution in [0.1, 0.15) is 0 Å². The minimum atomic E-state index is -0.414. The smallest absolute Gasteiger partial charge is 0.336 e. The van der Waals surface area contributed by atoms with Gasteiger partial charge in [0.2, 0.25) is 0 Å². The van der Waals surface area contributed by atoms with Crippen LogP contribution < -0.4 is 4.74 Å². The molecule has 0 spiro atoms. The molecule has 0 saturated carbocycles. The summed E-state index contributed by atoms with van der Waals surface area (Å²) in [5.41, 5.74) is 0. The van der Waals surface area contributed by atoms with Crippen molar-refractivity contribution in [2.75, 3.05) is 0 Å². The first-order chi connectivity index (χ1) is 4.83. The summed E-state index contributed by atoms with van der Waals surface area (Å²) in [6, 6.07) is 3.54. The van der Waals surface area contributed by atoms with E-state index in [2.05, 4.69) is 6.58 Å². The summed E-state index contributed by atoms with van der Waals surface area (Å²) in [4.78, 5) is 10.5. The number of rotatable bonds is 2. The summed E-state index contributed by atoms with van der Waals surface area (Å²) >= 11 is 1.38. The molecule has 0 radical (unpaired) electrons. The molecule has 0 unspecified atom stereocenters. The van der Waals surface area contributed by atoms with Crippen molar-refractivity contribution < 1.29 is 9.53 Å². The van der Waals surface area contributed by atoms with E-state index in [9.17, 15) is 4.79 Å². The maximum absolute atomic E-state index is 10.5. The van der Waals surface area contributed by atoms with Crippen molar-refractivity contribution in [3.63, 3.8) is 0 Å². The van der Waals surface area contributed by atoms with Crippen LogP contribution in [0.25, 0.3) is 0 Å². The maximum atomic E-state index is 10.5. The van der Waals surface area contributed by atoms with Gasteiger partial charge in [-0.1, -0.05) is 6.58 Å². The van der Waals surface area contributed by atoms with Gasteiger partial charge in [-0.3, -0.25) is 0 Å². The molecule has 0 saturated heterocycles. The Balaban J connectivity index is 2.56. The van der Waals surface area contributed by atoms with Crippen molar-refractivity contribution in [3.8, 4) is 5.06 Å². The molecule has 52 valence electrons. The second-order valence-electron chi connectivity index (χ2n) is 1.56. The van der Waals surface area contributed by atoms with E-state index in [1.165, 1.54) is 11.3 Å². The number of esters is 1. The van der Waals surface area contributed by atoms with Gasteiger partial charge in [-0.25, -0.2) is 4.79 Å². The van der Waals surface area contributed by atoms with Crippen LogP contribution >= 0.6 is 11.3 Å². The highest BCUT2D eigenvalue weighted by atomic mass is 32.1. The third kappa shape index (κ3) is 1.70. The zero-order valence-corrected chi connectivity index (χ0v) is 6.06. The van der Waals surface area contributed by atoms with Gasteiger partial charge in [0.1, 0.15) is 0 Å². The van der Waals surface area contributed by atoms with Gasteiger partial charge in [0.25, 0.3) is 0 Å². The van der Waals surface area contributed by atoms with Crippen molar-refractivity contribution >= 4 is 17.3 Å². The predicted molar refractivity (Wildman–Crippen MR) is 40.2 cm³/mol. The SMILES string of the molecule is C=CC(=O)Oc1cccs1. The molecule has 0 fully saturated rings. The summed E-state index contributed by atoms with van der Waals surface area (Å²) < 4.78 is 4.77. The predicted octanol–water partition coefficient (Wildman–Crippen LogP) is 1.84. The first kappa shape index (κ1) is 7.02. The molecule has 0 atom stereocenters. The maximum Gasteiger partial charge on any atom is 0.336 e. The standard InChI is InChI=1S/C7H6O2S/c1-2-6(8)9-7-4-3-5-10-7/h2-5H,1H2. The van der Waals surface area contributed by atoms with E-state index in [0.717, 1.165) is 6.08 Å². The molecule has 1 heterocycles. The van der Waals surface area contributed by atoms with Crippen molar-refractivity contribution in [2.24, 2.45) is 0 Å². The Morgan fingerprint density at radius 2 is 2.60 bits per heavy atom. The summed E-state index contributed by atoms with van der Waals surface area (Å²) in [5, 5.41) is 2.44. The molecule has 0 aromatic carbocycles. The van der Waals surface area contributed by atoms with E-state index >= 15 is 0 Å². The van der Waals surface area contributed by atoms with Gasteiger partial charge >= 0.3 is 5.97 Å². The zero-order chi connectivity index (χ0) is 7.40. The Morgan fingerprint density at radius 1 is 1.80 bits per heavy atom. The molecule has 0 aliphatic rings. The summed E-state index contributed by atoms with van der Waals surface area (Å²) in [5.74, 6) is -0.414. The van der Waals surface area contributed by atoms with Crippen molar-refractivity contribution in [1.82, 2.24) is 0 Å². The number of thiophene rings is 1. The van der Waals surface area contributed by atoms with E-state index in [4.69, 9.17) is 4.74 Å². The second kappa shape index (κ2) is 3.17. The lowest BCUT2D eigenvalue weighted by Gasteiger charge is -1.92. The van der Waals surface area contributed by atoms with E-state index in [1.807, 2.05) is 11.4 Å². The second-order valence-corrected chi connectivity index (χ2v) is 2.47. The Morgan fingerprint density at radius 3 is 3.10 bits per heavy atom. The number of carbonyl (C=O) groups excluding carboxylic acids is 1. The quantitative estimate of drug-likeness (QED) is 0.480. The summed E-state index contributed by atoms with van der Waals surface area (Å²) in [6.45, 7) is 3.27. The van der Waals surface area contributed by atoms with Crippen LogP contribution in [0.5, 0.6) is 5.06 Å². The number of carbonyl (C=O) groups is 1. The molecule has 3 heteroatoms. The molecule has 0 aliphatic carbocycles. The van der Waals surface area contributed by atoms with Gasteiger partial charge < -0.3 is 4.74 Å². The van der Waals surface area contributed by atoms with Gasteiger partial charge in [-0.05, 0) is 17.5 Å². The molecule has 0 N–H and O–H groups in total. The molecular formula is C7H6O2S. The first-order valence-electron chi connectivity index (χ1n) is 2.70. The molecular weight excluding hydrogens is 148 g/mol. The highest BCUT2D eigenvalue weighted by Crippen LogP contribution is 2.17. The fourth-order valence-corrected chi connectivity index (χ4v) is 1.04. The van der Waals surface area contributed by atoms with E-state index < -0.39 is 5.97 Å². The molecule has 0 bridgehead atoms. The van der Waals surface area contributed by atoms with Gasteiger partial charge in [-0.2, -0.15) is 0 Å². The normalized spacial score (nSPS) is 8.80. The Hall–Kier alpha value is -1.09. The Kier molecular flexibility index (Phi) is 2.23. The molecule has 0 amide bonds. The largest absolute Gasteiger partial charge is 0.412 e. The highest BCUT2D eigenvalue weighted by Gasteiger charge is 1.97. The number of ether oxygens (including phenoxy) is 1. The molecule has 1 aromatic rings. The average Bonchev–Trinajstić information content (AvgIpc) is 2.40. The van der Waals surface area contributed by atoms with Crippen LogP contribution in [0.2, 0.25) is 0 Å². The summed E-state index contributed by atoms with van der Waals surface area (Å²) in [7, 11) is 0. The van der Waals surface area contributed by atoms with Gasteiger partial charge in [0.05, 0.1) is 0 Å². The third-order valence-electron chi connectivity index (χ3n) is 0.863. The van der Waals surface area contributed by atoms with Crippen molar-refractivity contribution in [1.29, 1.82) is 0 Å². The van der Waals surface area contributed by atoms with Crippen LogP contribution in [-0.4, -0.2) is 5.97 Å². The van der Waals surface area contributed by atoms with Crippen LogP contribution in [0.3, 0.4) is 0 Å². The van der Waals surface area contributed by atoms with E-state index in [1.54, 1.807) is 6.07 Å². The fraction of sp³-hybridized carbons (Fsp3) is 0. The molecule has 0 aliphatic heterocycles. The average molecular weight is 154 g/mol. The number of hydrogen-bond acceptors (Lipinski definition) is 3. The fourth-order valence-electron chi connectivity index (χ4n) is 0.462. The van der Waals surface area contributed by atoms with Gasteiger partial charge in [0, 0.05) is 6.08 Å². The number of hydrogen-bond donors (Lipinski definition) is 0.